The van der Waals surface area contributed by atoms with E-state index in [9.17, 15) is 4.79 Å². The molecule has 0 radical (unpaired) electrons. The van der Waals surface area contributed by atoms with Gasteiger partial charge >= 0.3 is 0 Å². The first kappa shape index (κ1) is 12.1. The maximum Gasteiger partial charge on any atom is 0.217 e. The van der Waals surface area contributed by atoms with E-state index in [1.807, 2.05) is 24.3 Å². The number of hydrogen-bond donors (Lipinski definition) is 3. The second kappa shape index (κ2) is 5.31. The summed E-state index contributed by atoms with van der Waals surface area (Å²) < 4.78 is 0. The topological polar surface area (TPSA) is 107 Å². The van der Waals surface area contributed by atoms with E-state index in [1.165, 1.54) is 0 Å². The maximum atomic E-state index is 10.6. The normalized spacial score (nSPS) is 10.4. The van der Waals surface area contributed by atoms with Crippen molar-refractivity contribution in [1.29, 1.82) is 0 Å². The van der Waals surface area contributed by atoms with Crippen molar-refractivity contribution in [3.8, 4) is 0 Å². The van der Waals surface area contributed by atoms with Crippen LogP contribution in [0.1, 0.15) is 12.8 Å². The standard InChI is InChI=1S/C12H15N5O/c13-10(18)6-3-7-15-12-11(14)16-8-4-1-2-5-9(8)17-12/h1-2,4-5H,3,6-7H2,(H2,13,18)(H2,14,16)(H,15,17). The summed E-state index contributed by atoms with van der Waals surface area (Å²) >= 11 is 0. The molecule has 0 saturated heterocycles. The van der Waals surface area contributed by atoms with Gasteiger partial charge < -0.3 is 16.8 Å². The van der Waals surface area contributed by atoms with Crippen LogP contribution >= 0.6 is 0 Å². The Hall–Kier alpha value is -2.37. The Bertz CT molecular complexity index is 569. The van der Waals surface area contributed by atoms with E-state index in [4.69, 9.17) is 11.5 Å². The number of carbonyl (C=O) groups excluding carboxylic acids is 1. The Morgan fingerprint density at radius 1 is 1.22 bits per heavy atom. The zero-order valence-electron chi connectivity index (χ0n) is 9.89. The Morgan fingerprint density at radius 2 is 1.89 bits per heavy atom. The fourth-order valence-electron chi connectivity index (χ4n) is 1.61. The lowest BCUT2D eigenvalue weighted by Gasteiger charge is -2.08. The summed E-state index contributed by atoms with van der Waals surface area (Å²) in [6.07, 6.45) is 0.983. The number of nitrogen functional groups attached to an aromatic ring is 1. The van der Waals surface area contributed by atoms with Gasteiger partial charge in [-0.15, -0.1) is 0 Å². The smallest absolute Gasteiger partial charge is 0.217 e. The third-order valence-electron chi connectivity index (χ3n) is 2.49. The van der Waals surface area contributed by atoms with Crippen molar-refractivity contribution < 1.29 is 4.79 Å². The average molecular weight is 245 g/mol. The Kier molecular flexibility index (Phi) is 3.57. The molecule has 0 fully saturated rings. The summed E-state index contributed by atoms with van der Waals surface area (Å²) in [6, 6.07) is 7.51. The quantitative estimate of drug-likeness (QED) is 0.678. The van der Waals surface area contributed by atoms with E-state index in [0.717, 1.165) is 11.0 Å². The van der Waals surface area contributed by atoms with E-state index in [2.05, 4.69) is 15.3 Å². The summed E-state index contributed by atoms with van der Waals surface area (Å²) in [4.78, 5) is 19.2. The van der Waals surface area contributed by atoms with Gasteiger partial charge in [-0.25, -0.2) is 9.97 Å². The van der Waals surface area contributed by atoms with Gasteiger partial charge in [0.15, 0.2) is 11.6 Å². The molecule has 94 valence electrons. The van der Waals surface area contributed by atoms with Crippen molar-refractivity contribution in [2.75, 3.05) is 17.6 Å². The molecule has 2 rings (SSSR count). The fourth-order valence-corrected chi connectivity index (χ4v) is 1.61. The first-order valence-corrected chi connectivity index (χ1v) is 5.71. The third-order valence-corrected chi connectivity index (χ3v) is 2.49. The molecule has 0 unspecified atom stereocenters. The molecule has 6 nitrogen and oxygen atoms in total. The van der Waals surface area contributed by atoms with Crippen LogP contribution in [0.3, 0.4) is 0 Å². The molecule has 18 heavy (non-hydrogen) atoms. The van der Waals surface area contributed by atoms with Crippen molar-refractivity contribution >= 4 is 28.6 Å². The maximum absolute atomic E-state index is 10.6. The van der Waals surface area contributed by atoms with Gasteiger partial charge in [0, 0.05) is 13.0 Å². The predicted molar refractivity (Wildman–Crippen MR) is 70.9 cm³/mol. The second-order valence-electron chi connectivity index (χ2n) is 3.94. The van der Waals surface area contributed by atoms with Crippen LogP contribution in [-0.2, 0) is 4.79 Å². The van der Waals surface area contributed by atoms with Crippen LogP contribution in [0.4, 0.5) is 11.6 Å². The highest BCUT2D eigenvalue weighted by Gasteiger charge is 2.04. The number of primary amides is 1. The first-order valence-electron chi connectivity index (χ1n) is 5.71. The second-order valence-corrected chi connectivity index (χ2v) is 3.94. The number of para-hydroxylation sites is 2. The number of rotatable bonds is 5. The summed E-state index contributed by atoms with van der Waals surface area (Å²) in [5.74, 6) is 0.584. The number of amides is 1. The molecule has 0 bridgehead atoms. The summed E-state index contributed by atoms with van der Waals surface area (Å²) in [7, 11) is 0. The van der Waals surface area contributed by atoms with Crippen LogP contribution < -0.4 is 16.8 Å². The number of fused-ring (bicyclic) bond motifs is 1. The lowest BCUT2D eigenvalue weighted by Crippen LogP contribution is -2.13. The minimum Gasteiger partial charge on any atom is -0.381 e. The van der Waals surface area contributed by atoms with Crippen LogP contribution in [0.25, 0.3) is 11.0 Å². The molecule has 0 atom stereocenters. The highest BCUT2D eigenvalue weighted by atomic mass is 16.1. The highest BCUT2D eigenvalue weighted by molar-refractivity contribution is 5.79. The monoisotopic (exact) mass is 245 g/mol. The molecule has 0 saturated carbocycles. The predicted octanol–water partition coefficient (Wildman–Crippen LogP) is 0.889. The molecule has 1 amide bonds. The number of benzene rings is 1. The molecule has 6 heteroatoms. The average Bonchev–Trinajstić information content (AvgIpc) is 2.34. The van der Waals surface area contributed by atoms with Gasteiger partial charge in [-0.05, 0) is 18.6 Å². The van der Waals surface area contributed by atoms with Gasteiger partial charge in [0.2, 0.25) is 5.91 Å². The molecule has 0 spiro atoms. The van der Waals surface area contributed by atoms with E-state index < -0.39 is 0 Å². The van der Waals surface area contributed by atoms with E-state index >= 15 is 0 Å². The number of hydrogen-bond acceptors (Lipinski definition) is 5. The molecular formula is C12H15N5O. The lowest BCUT2D eigenvalue weighted by molar-refractivity contribution is -0.118. The SMILES string of the molecule is NC(=O)CCCNc1nc2ccccc2nc1N. The van der Waals surface area contributed by atoms with Crippen LogP contribution in [0.2, 0.25) is 0 Å². The van der Waals surface area contributed by atoms with Crippen molar-refractivity contribution in [2.45, 2.75) is 12.8 Å². The zero-order chi connectivity index (χ0) is 13.0. The Labute approximate surface area is 104 Å². The molecule has 1 aromatic carbocycles. The molecule has 0 aliphatic rings. The third kappa shape index (κ3) is 2.85. The van der Waals surface area contributed by atoms with Gasteiger partial charge in [-0.2, -0.15) is 0 Å². The molecule has 0 aliphatic carbocycles. The number of nitrogens with zero attached hydrogens (tertiary/aromatic N) is 2. The minimum absolute atomic E-state index is 0.311. The van der Waals surface area contributed by atoms with Crippen LogP contribution in [0, 0.1) is 0 Å². The molecular weight excluding hydrogens is 230 g/mol. The van der Waals surface area contributed by atoms with Crippen LogP contribution in [-0.4, -0.2) is 22.4 Å². The zero-order valence-corrected chi connectivity index (χ0v) is 9.89. The molecule has 5 N–H and O–H groups in total. The largest absolute Gasteiger partial charge is 0.381 e. The first-order chi connectivity index (χ1) is 8.66. The minimum atomic E-state index is -0.311. The van der Waals surface area contributed by atoms with Crippen molar-refractivity contribution in [2.24, 2.45) is 5.73 Å². The van der Waals surface area contributed by atoms with Gasteiger partial charge in [-0.1, -0.05) is 12.1 Å². The summed E-state index contributed by atoms with van der Waals surface area (Å²) in [6.45, 7) is 0.583. The highest BCUT2D eigenvalue weighted by Crippen LogP contribution is 2.18. The van der Waals surface area contributed by atoms with E-state index in [0.29, 0.717) is 31.0 Å². The molecule has 1 aromatic heterocycles. The molecule has 1 heterocycles. The van der Waals surface area contributed by atoms with Crippen molar-refractivity contribution in [1.82, 2.24) is 9.97 Å². The number of carbonyl (C=O) groups is 1. The van der Waals surface area contributed by atoms with Crippen LogP contribution in [0.15, 0.2) is 24.3 Å². The van der Waals surface area contributed by atoms with Gasteiger partial charge in [0.05, 0.1) is 11.0 Å². The van der Waals surface area contributed by atoms with Gasteiger partial charge in [0.25, 0.3) is 0 Å². The van der Waals surface area contributed by atoms with E-state index in [1.54, 1.807) is 0 Å². The number of anilines is 2. The fraction of sp³-hybridized carbons (Fsp3) is 0.250. The summed E-state index contributed by atoms with van der Waals surface area (Å²) in [5, 5.41) is 3.05. The van der Waals surface area contributed by atoms with Crippen LogP contribution in [0.5, 0.6) is 0 Å². The van der Waals surface area contributed by atoms with Crippen molar-refractivity contribution in [3.63, 3.8) is 0 Å². The molecule has 0 aliphatic heterocycles. The van der Waals surface area contributed by atoms with E-state index in [-0.39, 0.29) is 5.91 Å². The van der Waals surface area contributed by atoms with Gasteiger partial charge in [-0.3, -0.25) is 4.79 Å². The lowest BCUT2D eigenvalue weighted by atomic mass is 10.3. The van der Waals surface area contributed by atoms with Gasteiger partial charge in [0.1, 0.15) is 0 Å². The van der Waals surface area contributed by atoms with Crippen molar-refractivity contribution in [3.05, 3.63) is 24.3 Å². The number of aromatic nitrogens is 2. The number of nitrogens with one attached hydrogen (secondary N) is 1. The Balaban J connectivity index is 2.08. The number of nitrogens with two attached hydrogens (primary N) is 2. The molecule has 2 aromatic rings. The summed E-state index contributed by atoms with van der Waals surface area (Å²) in [5.41, 5.74) is 12.4. The Morgan fingerprint density at radius 3 is 2.56 bits per heavy atom.